The van der Waals surface area contributed by atoms with Crippen LogP contribution in [-0.2, 0) is 19.3 Å². The molecule has 0 spiro atoms. The first-order valence-electron chi connectivity index (χ1n) is 1.25. The van der Waals surface area contributed by atoms with Gasteiger partial charge in [-0.05, 0) is 0 Å². The Labute approximate surface area is 78.2 Å². The van der Waals surface area contributed by atoms with Crippen LogP contribution >= 0.6 is 0 Å². The molecule has 0 aromatic carbocycles. The summed E-state index contributed by atoms with van der Waals surface area (Å²) in [6.07, 6.45) is 0.750. The van der Waals surface area contributed by atoms with E-state index in [2.05, 4.69) is 15.4 Å². The third-order valence-corrected chi connectivity index (χ3v) is 0. The Morgan fingerprint density at radius 1 is 1.00 bits per heavy atom. The van der Waals surface area contributed by atoms with Crippen molar-refractivity contribution in [3.63, 3.8) is 0 Å². The van der Waals surface area contributed by atoms with Crippen molar-refractivity contribution in [3.05, 3.63) is 19.7 Å². The molecule has 0 aliphatic heterocycles. The van der Waals surface area contributed by atoms with Crippen LogP contribution in [0.4, 0.5) is 0 Å². The molecule has 0 atom stereocenters. The van der Waals surface area contributed by atoms with Crippen LogP contribution in [0.1, 0.15) is 0 Å². The molecular weight excluding hydrogens is 209 g/mol. The second kappa shape index (κ2) is 595. The second-order valence-corrected chi connectivity index (χ2v) is 0.100. The van der Waals surface area contributed by atoms with E-state index in [1.165, 1.54) is 0 Å². The summed E-state index contributed by atoms with van der Waals surface area (Å²) in [7, 11) is 0. The van der Waals surface area contributed by atoms with Crippen LogP contribution in [0.25, 0.3) is 0 Å². The summed E-state index contributed by atoms with van der Waals surface area (Å²) in [6.45, 7) is 14.2. The Bertz CT molecular complexity index is 111. The van der Waals surface area contributed by atoms with Gasteiger partial charge in [0.15, 0.2) is 0 Å². The van der Waals surface area contributed by atoms with Gasteiger partial charge in [-0.2, -0.15) is 5.26 Å². The first-order chi connectivity index (χ1) is 5.41. The van der Waals surface area contributed by atoms with E-state index in [9.17, 15) is 0 Å². The Morgan fingerprint density at radius 3 is 1.00 bits per heavy atom. The molecule has 0 aromatic rings. The predicted molar refractivity (Wildman–Crippen MR) is 28.2 cm³/mol. The van der Waals surface area contributed by atoms with Gasteiger partial charge in [-0.1, -0.05) is 0 Å². The van der Waals surface area contributed by atoms with Gasteiger partial charge < -0.3 is 46.8 Å². The molecule has 0 aromatic heterocycles. The Morgan fingerprint density at radius 2 is 1.00 bits per heavy atom. The zero-order chi connectivity index (χ0) is 10.7. The number of hydrogen-bond donors (Lipinski definition) is 2. The van der Waals surface area contributed by atoms with Crippen molar-refractivity contribution in [2.24, 2.45) is 0 Å². The van der Waals surface area contributed by atoms with Gasteiger partial charge in [0.2, 0.25) is 0 Å². The van der Waals surface area contributed by atoms with Gasteiger partial charge in [0.1, 0.15) is 0 Å². The predicted octanol–water partition coefficient (Wildman–Crippen LogP) is 0.170. The number of hydrogen-bond acceptors (Lipinski definition) is 7. The standard InChI is InChI=1S/CHNO.3CN.H3N.Ni.O/c2-1-3;3*1-2;;;/h3H;;;;1H3;;/q;3*-1;;;. The zero-order valence-corrected chi connectivity index (χ0v) is 6.66. The van der Waals surface area contributed by atoms with Crippen LogP contribution in [0.5, 0.6) is 0 Å². The molecule has 0 saturated carbocycles. The average molecular weight is 213 g/mol. The summed E-state index contributed by atoms with van der Waals surface area (Å²) in [4.78, 5) is 0. The van der Waals surface area contributed by atoms with Crippen molar-refractivity contribution >= 4 is 0 Å². The summed E-state index contributed by atoms with van der Waals surface area (Å²) in [5, 5.41) is 32.5. The van der Waals surface area contributed by atoms with E-state index in [0.717, 1.165) is 6.26 Å². The normalized spacial score (nSPS) is 1.58. The molecule has 8 heteroatoms. The van der Waals surface area contributed by atoms with Crippen molar-refractivity contribution in [3.8, 4) is 6.26 Å². The summed E-state index contributed by atoms with van der Waals surface area (Å²) < 4.78 is 7.88. The van der Waals surface area contributed by atoms with Gasteiger partial charge in [-0.15, -0.1) is 0 Å². The van der Waals surface area contributed by atoms with Gasteiger partial charge in [0.05, 0.1) is 0 Å². The number of rotatable bonds is 0. The van der Waals surface area contributed by atoms with Gasteiger partial charge in [0, 0.05) is 0 Å². The van der Waals surface area contributed by atoms with E-state index < -0.39 is 0 Å². The number of aliphatic hydroxyl groups excluding tert-OH is 1. The van der Waals surface area contributed by atoms with E-state index in [1.54, 1.807) is 0 Å². The Hall–Kier alpha value is -1.99. The van der Waals surface area contributed by atoms with E-state index in [4.69, 9.17) is 49.8 Å². The van der Waals surface area contributed by atoms with Crippen molar-refractivity contribution < 1.29 is 24.4 Å². The molecule has 0 bridgehead atoms. The Kier molecular flexibility index (Phi) is 2500. The molecule has 0 rings (SSSR count). The summed E-state index contributed by atoms with van der Waals surface area (Å²) in [5.74, 6) is 0. The first-order valence-corrected chi connectivity index (χ1v) is 1.65. The van der Waals surface area contributed by atoms with Crippen molar-refractivity contribution in [1.82, 2.24) is 6.15 Å². The van der Waals surface area contributed by atoms with Crippen LogP contribution < -0.4 is 6.15 Å². The van der Waals surface area contributed by atoms with Gasteiger partial charge in [-0.25, -0.2) is 0 Å². The molecule has 0 aliphatic rings. The molecule has 0 heterocycles. The van der Waals surface area contributed by atoms with Crippen LogP contribution in [0.2, 0.25) is 0 Å². The fraction of sp³-hybridized carbons (Fsp3) is 0. The molecule has 0 amide bonds. The van der Waals surface area contributed by atoms with E-state index >= 15 is 0 Å². The van der Waals surface area contributed by atoms with Crippen molar-refractivity contribution in [2.45, 2.75) is 0 Å². The molecular formula is C4H4N5NiO2-3. The fourth-order valence-electron chi connectivity index (χ4n) is 0. The van der Waals surface area contributed by atoms with Crippen LogP contribution in [0, 0.1) is 47.0 Å². The average Bonchev–Trinajstić information content (AvgIpc) is 2.18. The first kappa shape index (κ1) is 50.5. The molecule has 70 valence electrons. The number of nitrogens with zero attached hydrogens (tertiary/aromatic N) is 4. The third-order valence-electron chi connectivity index (χ3n) is 0. The maximum atomic E-state index is 7.88. The van der Waals surface area contributed by atoms with Crippen molar-refractivity contribution in [2.75, 3.05) is 0 Å². The molecule has 0 fully saturated rings. The topological polar surface area (TPSA) is 167 Å². The minimum atomic E-state index is 0. The Balaban J connectivity index is -0.00000000933. The molecule has 0 aliphatic carbocycles. The molecule has 12 heavy (non-hydrogen) atoms. The zero-order valence-electron chi connectivity index (χ0n) is 5.67. The van der Waals surface area contributed by atoms with Crippen LogP contribution in [-0.4, -0.2) is 5.11 Å². The van der Waals surface area contributed by atoms with E-state index in [-0.39, 0.29) is 6.15 Å². The van der Waals surface area contributed by atoms with Gasteiger partial charge in [-0.3, -0.25) is 0 Å². The number of aliphatic hydroxyl groups is 1. The monoisotopic (exact) mass is 212 g/mol. The van der Waals surface area contributed by atoms with Crippen molar-refractivity contribution in [1.29, 1.82) is 21.0 Å². The van der Waals surface area contributed by atoms with E-state index in [1.807, 2.05) is 0 Å². The van der Waals surface area contributed by atoms with Gasteiger partial charge >= 0.3 is 19.3 Å². The molecule has 0 unspecified atom stereocenters. The molecule has 0 saturated heterocycles. The van der Waals surface area contributed by atoms with E-state index in [0.29, 0.717) is 0 Å². The third kappa shape index (κ3) is 99.9. The van der Waals surface area contributed by atoms with Crippen LogP contribution in [0.3, 0.4) is 0 Å². The molecule has 0 radical (unpaired) electrons. The summed E-state index contributed by atoms with van der Waals surface area (Å²) in [6, 6.07) is 0. The maximum absolute atomic E-state index is 7.88. The quantitative estimate of drug-likeness (QED) is 0.328. The fourth-order valence-corrected chi connectivity index (χ4v) is 0. The second-order valence-electron chi connectivity index (χ2n) is 0.100. The molecule has 4 N–H and O–H groups in total. The molecule has 7 nitrogen and oxygen atoms in total. The number of nitriles is 1. The van der Waals surface area contributed by atoms with Crippen LogP contribution in [0.15, 0.2) is 0 Å². The SMILES string of the molecule is N.N#CO.[C-]#N.[C-]#N.[C-]#N.[O]=[Ni]. The summed E-state index contributed by atoms with van der Waals surface area (Å²) >= 11 is 2.62. The summed E-state index contributed by atoms with van der Waals surface area (Å²) in [5.41, 5.74) is 0. The van der Waals surface area contributed by atoms with Gasteiger partial charge in [0.25, 0.3) is 6.26 Å². The minimum absolute atomic E-state index is 0.